The fraction of sp³-hybridized carbons (Fsp3) is 0.0541. The topological polar surface area (TPSA) is 93.7 Å². The van der Waals surface area contributed by atoms with E-state index >= 15 is 0 Å². The van der Waals surface area contributed by atoms with Gasteiger partial charge in [-0.1, -0.05) is 78.9 Å². The zero-order valence-corrected chi connectivity index (χ0v) is 24.9. The molecule has 8 heteroatoms. The Morgan fingerprint density at radius 2 is 1.40 bits per heavy atom. The predicted octanol–water partition coefficient (Wildman–Crippen LogP) is 7.47. The first-order valence-corrected chi connectivity index (χ1v) is 15.2. The summed E-state index contributed by atoms with van der Waals surface area (Å²) in [6.45, 7) is 0.146. The third-order valence-corrected chi connectivity index (χ3v) is 8.01. The van der Waals surface area contributed by atoms with E-state index in [0.29, 0.717) is 28.3 Å². The van der Waals surface area contributed by atoms with Gasteiger partial charge in [-0.3, -0.25) is 14.4 Å². The molecule has 0 saturated carbocycles. The van der Waals surface area contributed by atoms with Gasteiger partial charge >= 0.3 is 0 Å². The first-order valence-electron chi connectivity index (χ1n) is 14.2. The Balaban J connectivity index is 1.17. The van der Waals surface area contributed by atoms with Gasteiger partial charge in [0.15, 0.2) is 17.3 Å². The van der Waals surface area contributed by atoms with E-state index in [4.69, 9.17) is 9.47 Å². The number of ether oxygens (including phenoxy) is 2. The Kier molecular flexibility index (Phi) is 9.03. The molecule has 0 atom stereocenters. The zero-order chi connectivity index (χ0) is 31.0. The molecular weight excluding hydrogens is 584 g/mol. The fourth-order valence-electron chi connectivity index (χ4n) is 4.68. The Hall–Kier alpha value is -5.60. The molecule has 0 aliphatic carbocycles. The number of ketones is 1. The van der Waals surface area contributed by atoms with Crippen LogP contribution in [0.1, 0.15) is 26.3 Å². The molecule has 5 aromatic carbocycles. The standard InChI is InChI=1S/C37H28N2O5S/c40-33(29-18-19-34-35(21-29)44-24-43-34)23-45-31-13-7-12-30(22-31)38-37(42)32(39-36(41)28-10-5-2-6-11-28)20-25-14-16-27(17-15-25)26-8-3-1-4-9-26/h1-22H,23-24H2,(H,38,42)(H,39,41)/b32-20-. The lowest BCUT2D eigenvalue weighted by atomic mass is 10.0. The van der Waals surface area contributed by atoms with Crippen molar-refractivity contribution < 1.29 is 23.9 Å². The maximum Gasteiger partial charge on any atom is 0.272 e. The molecule has 0 aromatic heterocycles. The van der Waals surface area contributed by atoms with Crippen molar-refractivity contribution in [2.45, 2.75) is 4.90 Å². The summed E-state index contributed by atoms with van der Waals surface area (Å²) >= 11 is 1.36. The molecule has 0 radical (unpaired) electrons. The van der Waals surface area contributed by atoms with E-state index in [1.807, 2.05) is 66.7 Å². The van der Waals surface area contributed by atoms with Crippen LogP contribution in [0.4, 0.5) is 5.69 Å². The normalized spacial score (nSPS) is 12.0. The monoisotopic (exact) mass is 612 g/mol. The van der Waals surface area contributed by atoms with E-state index in [9.17, 15) is 14.4 Å². The number of amides is 2. The minimum Gasteiger partial charge on any atom is -0.454 e. The molecule has 222 valence electrons. The lowest BCUT2D eigenvalue weighted by Crippen LogP contribution is -2.30. The van der Waals surface area contributed by atoms with Crippen molar-refractivity contribution in [3.8, 4) is 22.6 Å². The number of anilines is 1. The highest BCUT2D eigenvalue weighted by molar-refractivity contribution is 8.00. The van der Waals surface area contributed by atoms with Gasteiger partial charge in [0.25, 0.3) is 11.8 Å². The Morgan fingerprint density at radius 3 is 2.18 bits per heavy atom. The van der Waals surface area contributed by atoms with E-state index in [1.54, 1.807) is 66.7 Å². The molecule has 6 rings (SSSR count). The molecular formula is C37H28N2O5S. The van der Waals surface area contributed by atoms with E-state index in [1.165, 1.54) is 11.8 Å². The first-order chi connectivity index (χ1) is 22.0. The van der Waals surface area contributed by atoms with Crippen LogP contribution in [-0.2, 0) is 4.79 Å². The van der Waals surface area contributed by atoms with Crippen molar-refractivity contribution >= 4 is 41.1 Å². The van der Waals surface area contributed by atoms with Crippen molar-refractivity contribution in [3.63, 3.8) is 0 Å². The molecule has 0 fully saturated rings. The highest BCUT2D eigenvalue weighted by atomic mass is 32.2. The van der Waals surface area contributed by atoms with Crippen molar-refractivity contribution in [1.82, 2.24) is 5.32 Å². The number of hydrogen-bond donors (Lipinski definition) is 2. The minimum absolute atomic E-state index is 0.0557. The largest absolute Gasteiger partial charge is 0.454 e. The minimum atomic E-state index is -0.481. The predicted molar refractivity (Wildman–Crippen MR) is 176 cm³/mol. The average Bonchev–Trinajstić information content (AvgIpc) is 3.56. The summed E-state index contributed by atoms with van der Waals surface area (Å²) in [5.74, 6) is 0.453. The second-order valence-electron chi connectivity index (χ2n) is 10.1. The highest BCUT2D eigenvalue weighted by Gasteiger charge is 2.18. The van der Waals surface area contributed by atoms with Gasteiger partial charge < -0.3 is 20.1 Å². The lowest BCUT2D eigenvalue weighted by molar-refractivity contribution is -0.113. The molecule has 2 amide bonds. The van der Waals surface area contributed by atoms with Crippen LogP contribution in [-0.4, -0.2) is 30.1 Å². The number of Topliss-reactive ketones (excluding diaryl/α,β-unsaturated/α-hetero) is 1. The molecule has 0 bridgehead atoms. The number of carbonyl (C=O) groups excluding carboxylic acids is 3. The van der Waals surface area contributed by atoms with Crippen LogP contribution in [0.3, 0.4) is 0 Å². The van der Waals surface area contributed by atoms with Crippen LogP contribution in [0.5, 0.6) is 11.5 Å². The molecule has 45 heavy (non-hydrogen) atoms. The molecule has 1 aliphatic heterocycles. The second-order valence-corrected chi connectivity index (χ2v) is 11.2. The summed E-state index contributed by atoms with van der Waals surface area (Å²) < 4.78 is 10.7. The molecule has 0 spiro atoms. The maximum atomic E-state index is 13.6. The molecule has 0 unspecified atom stereocenters. The van der Waals surface area contributed by atoms with Crippen molar-refractivity contribution in [2.75, 3.05) is 17.9 Å². The van der Waals surface area contributed by atoms with E-state index in [-0.39, 0.29) is 24.0 Å². The van der Waals surface area contributed by atoms with Gasteiger partial charge in [0, 0.05) is 21.7 Å². The number of benzene rings is 5. The lowest BCUT2D eigenvalue weighted by Gasteiger charge is -2.12. The van der Waals surface area contributed by atoms with Gasteiger partial charge in [-0.2, -0.15) is 0 Å². The number of thioether (sulfide) groups is 1. The number of nitrogens with one attached hydrogen (secondary N) is 2. The van der Waals surface area contributed by atoms with Crippen LogP contribution in [0.15, 0.2) is 138 Å². The summed E-state index contributed by atoms with van der Waals surface area (Å²) in [5, 5.41) is 5.67. The third-order valence-electron chi connectivity index (χ3n) is 7.01. The van der Waals surface area contributed by atoms with Crippen LogP contribution in [0.2, 0.25) is 0 Å². The maximum absolute atomic E-state index is 13.6. The van der Waals surface area contributed by atoms with Crippen LogP contribution < -0.4 is 20.1 Å². The first kappa shape index (κ1) is 29.5. The molecule has 2 N–H and O–H groups in total. The van der Waals surface area contributed by atoms with Gasteiger partial charge in [0.1, 0.15) is 5.70 Å². The molecule has 1 heterocycles. The average molecular weight is 613 g/mol. The van der Waals surface area contributed by atoms with Crippen LogP contribution in [0, 0.1) is 0 Å². The number of hydrogen-bond acceptors (Lipinski definition) is 6. The Labute approximate surface area is 264 Å². The molecule has 5 aromatic rings. The van der Waals surface area contributed by atoms with Crippen molar-refractivity contribution in [3.05, 3.63) is 150 Å². The summed E-state index contributed by atoms with van der Waals surface area (Å²) in [7, 11) is 0. The summed E-state index contributed by atoms with van der Waals surface area (Å²) in [5.41, 5.74) is 4.46. The van der Waals surface area contributed by atoms with Gasteiger partial charge in [-0.15, -0.1) is 11.8 Å². The van der Waals surface area contributed by atoms with Crippen molar-refractivity contribution in [2.24, 2.45) is 0 Å². The van der Waals surface area contributed by atoms with E-state index in [0.717, 1.165) is 21.6 Å². The SMILES string of the molecule is O=C(Nc1cccc(SCC(=O)c2ccc3c(c2)OCO3)c1)/C(=C/c1ccc(-c2ccccc2)cc1)NC(=O)c1ccccc1. The van der Waals surface area contributed by atoms with Gasteiger partial charge in [-0.05, 0) is 71.3 Å². The Morgan fingerprint density at radius 1 is 0.689 bits per heavy atom. The van der Waals surface area contributed by atoms with Crippen LogP contribution >= 0.6 is 11.8 Å². The summed E-state index contributed by atoms with van der Waals surface area (Å²) in [6, 6.07) is 38.8. The molecule has 0 saturated heterocycles. The van der Waals surface area contributed by atoms with Crippen LogP contribution in [0.25, 0.3) is 17.2 Å². The fourth-order valence-corrected chi connectivity index (χ4v) is 5.53. The van der Waals surface area contributed by atoms with Gasteiger partial charge in [-0.25, -0.2) is 0 Å². The summed E-state index contributed by atoms with van der Waals surface area (Å²) in [4.78, 5) is 40.2. The smallest absolute Gasteiger partial charge is 0.272 e. The number of fused-ring (bicyclic) bond motifs is 1. The second kappa shape index (κ2) is 13.8. The molecule has 7 nitrogen and oxygen atoms in total. The van der Waals surface area contributed by atoms with Gasteiger partial charge in [0.2, 0.25) is 6.79 Å². The molecule has 1 aliphatic rings. The van der Waals surface area contributed by atoms with E-state index < -0.39 is 11.8 Å². The zero-order valence-electron chi connectivity index (χ0n) is 24.1. The van der Waals surface area contributed by atoms with Crippen molar-refractivity contribution in [1.29, 1.82) is 0 Å². The number of rotatable bonds is 10. The van der Waals surface area contributed by atoms with E-state index in [2.05, 4.69) is 10.6 Å². The van der Waals surface area contributed by atoms with Gasteiger partial charge in [0.05, 0.1) is 5.75 Å². The number of carbonyl (C=O) groups is 3. The quantitative estimate of drug-likeness (QED) is 0.0966. The third kappa shape index (κ3) is 7.49. The summed E-state index contributed by atoms with van der Waals surface area (Å²) in [6.07, 6.45) is 1.65. The Bertz CT molecular complexity index is 1870. The highest BCUT2D eigenvalue weighted by Crippen LogP contribution is 2.33.